The van der Waals surface area contributed by atoms with Crippen LogP contribution in [0.1, 0.15) is 56.4 Å². The Kier molecular flexibility index (Phi) is 8.61. The van der Waals surface area contributed by atoms with Gasteiger partial charge in [0.25, 0.3) is 10.0 Å². The van der Waals surface area contributed by atoms with Crippen molar-refractivity contribution in [3.05, 3.63) is 94.2 Å². The van der Waals surface area contributed by atoms with Gasteiger partial charge in [0.05, 0.1) is 11.4 Å². The second-order valence-electron chi connectivity index (χ2n) is 11.1. The molecular weight excluding hydrogens is 528 g/mol. The molecule has 2 amide bonds. The van der Waals surface area contributed by atoms with Crippen LogP contribution >= 0.6 is 11.3 Å². The number of hydrogen-bond donors (Lipinski definition) is 2. The highest BCUT2D eigenvalue weighted by molar-refractivity contribution is 7.90. The summed E-state index contributed by atoms with van der Waals surface area (Å²) in [6.45, 7) is 11.6. The van der Waals surface area contributed by atoms with Crippen LogP contribution < -0.4 is 10.0 Å². The van der Waals surface area contributed by atoms with E-state index in [4.69, 9.17) is 0 Å². The third-order valence-electron chi connectivity index (χ3n) is 6.21. The van der Waals surface area contributed by atoms with Crippen LogP contribution in [0.2, 0.25) is 0 Å². The first kappa shape index (κ1) is 28.6. The molecular formula is C30H36N4O3S2. The second kappa shape index (κ2) is 11.8. The summed E-state index contributed by atoms with van der Waals surface area (Å²) < 4.78 is 31.0. The van der Waals surface area contributed by atoms with Gasteiger partial charge in [-0.05, 0) is 52.6 Å². The molecule has 2 heterocycles. The summed E-state index contributed by atoms with van der Waals surface area (Å²) >= 11 is 1.49. The Morgan fingerprint density at radius 3 is 2.41 bits per heavy atom. The van der Waals surface area contributed by atoms with Crippen LogP contribution in [0.25, 0.3) is 11.1 Å². The number of amides is 2. The number of carbonyl (C=O) groups excluding carboxylic acids is 1. The fraction of sp³-hybridized carbons (Fsp3) is 0.333. The number of carbonyl (C=O) groups is 1. The Hall–Kier alpha value is -3.43. The first-order valence-electron chi connectivity index (χ1n) is 13.0. The van der Waals surface area contributed by atoms with Gasteiger partial charge < -0.3 is 9.88 Å². The van der Waals surface area contributed by atoms with Crippen LogP contribution in [0.15, 0.2) is 77.3 Å². The number of rotatable bonds is 9. The minimum atomic E-state index is -4.12. The molecule has 7 nitrogen and oxygen atoms in total. The third-order valence-corrected chi connectivity index (χ3v) is 8.48. The minimum Gasteiger partial charge on any atom is -0.332 e. The highest BCUT2D eigenvalue weighted by Gasteiger charge is 2.23. The summed E-state index contributed by atoms with van der Waals surface area (Å²) in [5, 5.41) is 4.53. The van der Waals surface area contributed by atoms with Gasteiger partial charge in [-0.25, -0.2) is 22.9 Å². The Labute approximate surface area is 235 Å². The quantitative estimate of drug-likeness (QED) is 0.248. The number of hydrogen-bond acceptors (Lipinski definition) is 5. The lowest BCUT2D eigenvalue weighted by Crippen LogP contribution is -2.39. The molecule has 206 valence electrons. The van der Waals surface area contributed by atoms with Gasteiger partial charge in [-0.3, -0.25) is 0 Å². The van der Waals surface area contributed by atoms with Gasteiger partial charge >= 0.3 is 6.03 Å². The fourth-order valence-electron chi connectivity index (χ4n) is 4.50. The van der Waals surface area contributed by atoms with Gasteiger partial charge in [-0.15, -0.1) is 11.3 Å². The highest BCUT2D eigenvalue weighted by atomic mass is 32.2. The summed E-state index contributed by atoms with van der Waals surface area (Å²) in [5.41, 5.74) is 3.38. The van der Waals surface area contributed by atoms with E-state index in [1.54, 1.807) is 6.07 Å². The monoisotopic (exact) mass is 564 g/mol. The van der Waals surface area contributed by atoms with E-state index in [9.17, 15) is 13.2 Å². The van der Waals surface area contributed by atoms with Gasteiger partial charge in [0.15, 0.2) is 0 Å². The fourth-order valence-corrected chi connectivity index (χ4v) is 6.28. The molecule has 4 aromatic rings. The van der Waals surface area contributed by atoms with Crippen molar-refractivity contribution in [2.45, 2.75) is 64.4 Å². The number of benzene rings is 2. The Morgan fingerprint density at radius 1 is 1.05 bits per heavy atom. The molecule has 2 N–H and O–H groups in total. The van der Waals surface area contributed by atoms with Gasteiger partial charge in [0.2, 0.25) is 0 Å². The van der Waals surface area contributed by atoms with E-state index in [2.05, 4.69) is 54.2 Å². The molecule has 4 rings (SSSR count). The molecule has 0 unspecified atom stereocenters. The van der Waals surface area contributed by atoms with Crippen LogP contribution in [-0.4, -0.2) is 24.0 Å². The minimum absolute atomic E-state index is 0.0682. The summed E-state index contributed by atoms with van der Waals surface area (Å²) in [5.74, 6) is 1.42. The Balaban J connectivity index is 1.61. The third kappa shape index (κ3) is 7.36. The van der Waals surface area contributed by atoms with Crippen molar-refractivity contribution in [2.24, 2.45) is 5.92 Å². The van der Waals surface area contributed by atoms with Crippen LogP contribution in [-0.2, 0) is 34.9 Å². The molecule has 2 aromatic heterocycles. The molecule has 0 aliphatic rings. The molecule has 0 saturated carbocycles. The van der Waals surface area contributed by atoms with E-state index in [-0.39, 0.29) is 16.9 Å². The maximum atomic E-state index is 13.4. The Morgan fingerprint density at radius 2 is 1.77 bits per heavy atom. The number of nitrogens with zero attached hydrogens (tertiary/aromatic N) is 2. The van der Waals surface area contributed by atoms with E-state index in [1.807, 2.05) is 66.3 Å². The zero-order chi connectivity index (χ0) is 28.2. The summed E-state index contributed by atoms with van der Waals surface area (Å²) in [4.78, 5) is 18.0. The van der Waals surface area contributed by atoms with Gasteiger partial charge in [0, 0.05) is 34.8 Å². The first-order valence-corrected chi connectivity index (χ1v) is 15.4. The highest BCUT2D eigenvalue weighted by Crippen LogP contribution is 2.30. The molecule has 0 aliphatic heterocycles. The number of sulfonamides is 1. The van der Waals surface area contributed by atoms with Crippen LogP contribution in [0.4, 0.5) is 4.79 Å². The SMILES string of the molecule is CC(C)Cc1ccc(S(=O)(=O)NC(=O)NCc2cccs2)c(-c2ccc(Cn3ccnc3C(C)(C)C)cc2)c1. The predicted molar refractivity (Wildman–Crippen MR) is 157 cm³/mol. The number of imidazole rings is 1. The van der Waals surface area contributed by atoms with E-state index in [0.717, 1.165) is 33.8 Å². The van der Waals surface area contributed by atoms with Crippen molar-refractivity contribution in [3.63, 3.8) is 0 Å². The lowest BCUT2D eigenvalue weighted by atomic mass is 9.95. The summed E-state index contributed by atoms with van der Waals surface area (Å²) in [7, 11) is -4.12. The molecule has 2 aromatic carbocycles. The van der Waals surface area contributed by atoms with Crippen LogP contribution in [0.5, 0.6) is 0 Å². The van der Waals surface area contributed by atoms with Crippen molar-refractivity contribution in [1.82, 2.24) is 19.6 Å². The maximum Gasteiger partial charge on any atom is 0.328 e. The van der Waals surface area contributed by atoms with E-state index in [1.165, 1.54) is 11.3 Å². The smallest absolute Gasteiger partial charge is 0.328 e. The normalized spacial score (nSPS) is 12.1. The number of aromatic nitrogens is 2. The molecule has 0 bridgehead atoms. The van der Waals surface area contributed by atoms with Crippen molar-refractivity contribution in [2.75, 3.05) is 0 Å². The largest absolute Gasteiger partial charge is 0.332 e. The Bertz CT molecular complexity index is 1520. The van der Waals surface area contributed by atoms with E-state index >= 15 is 0 Å². The molecule has 0 aliphatic carbocycles. The van der Waals surface area contributed by atoms with E-state index < -0.39 is 16.1 Å². The van der Waals surface area contributed by atoms with Gasteiger partial charge in [0.1, 0.15) is 5.82 Å². The van der Waals surface area contributed by atoms with Crippen molar-refractivity contribution >= 4 is 27.4 Å². The second-order valence-corrected chi connectivity index (χ2v) is 13.8. The number of urea groups is 1. The van der Waals surface area contributed by atoms with Gasteiger partial charge in [-0.1, -0.05) is 71.0 Å². The number of nitrogens with one attached hydrogen (secondary N) is 2. The zero-order valence-corrected chi connectivity index (χ0v) is 24.7. The lowest BCUT2D eigenvalue weighted by Gasteiger charge is -2.20. The molecule has 9 heteroatoms. The average Bonchev–Trinajstić information content (AvgIpc) is 3.55. The summed E-state index contributed by atoms with van der Waals surface area (Å²) in [6.07, 6.45) is 4.61. The topological polar surface area (TPSA) is 93.1 Å². The molecule has 39 heavy (non-hydrogen) atoms. The van der Waals surface area contributed by atoms with Crippen LogP contribution in [0.3, 0.4) is 0 Å². The molecule has 0 spiro atoms. The number of thiophene rings is 1. The zero-order valence-electron chi connectivity index (χ0n) is 23.1. The lowest BCUT2D eigenvalue weighted by molar-refractivity contribution is 0.245. The van der Waals surface area contributed by atoms with Crippen LogP contribution in [0, 0.1) is 5.92 Å². The van der Waals surface area contributed by atoms with Crippen molar-refractivity contribution < 1.29 is 13.2 Å². The predicted octanol–water partition coefficient (Wildman–Crippen LogP) is 6.34. The molecule has 0 atom stereocenters. The molecule has 0 saturated heterocycles. The van der Waals surface area contributed by atoms with Crippen molar-refractivity contribution in [1.29, 1.82) is 0 Å². The maximum absolute atomic E-state index is 13.4. The molecule has 0 fully saturated rings. The van der Waals surface area contributed by atoms with E-state index in [0.29, 0.717) is 18.0 Å². The molecule has 0 radical (unpaired) electrons. The summed E-state index contributed by atoms with van der Waals surface area (Å²) in [6, 6.07) is 16.2. The van der Waals surface area contributed by atoms with Crippen molar-refractivity contribution in [3.8, 4) is 11.1 Å². The van der Waals surface area contributed by atoms with Gasteiger partial charge in [-0.2, -0.15) is 0 Å². The first-order chi connectivity index (χ1) is 18.4. The standard InChI is InChI=1S/C30H36N4O3S2/c1-21(2)17-23-10-13-27(39(36,37)33-29(35)32-19-25-7-6-16-38-25)26(18-23)24-11-8-22(9-12-24)20-34-15-14-31-28(34)30(3,4)5/h6-16,18,21H,17,19-20H2,1-5H3,(H2,32,33,35). The average molecular weight is 565 g/mol.